The number of quaternary nitrogens is 1. The molecule has 0 bridgehead atoms. The molecular weight excluding hydrogens is 462 g/mol. The third kappa shape index (κ3) is 5.21. The van der Waals surface area contributed by atoms with Crippen molar-refractivity contribution in [2.45, 2.75) is 19.4 Å². The fourth-order valence-corrected chi connectivity index (χ4v) is 4.13. The summed E-state index contributed by atoms with van der Waals surface area (Å²) in [5.74, 6) is -1.86. The Morgan fingerprint density at radius 2 is 1.85 bits per heavy atom. The number of likely N-dealkylation sites (tertiary alicyclic amines) is 1. The number of carbonyl (C=O) groups is 2. The highest BCUT2D eigenvalue weighted by atomic mass is 35.5. The van der Waals surface area contributed by atoms with Gasteiger partial charge in [0.2, 0.25) is 5.78 Å². The number of ketones is 1. The van der Waals surface area contributed by atoms with E-state index in [0.717, 1.165) is 6.54 Å². The van der Waals surface area contributed by atoms with Gasteiger partial charge in [-0.2, -0.15) is 0 Å². The molecule has 9 nitrogen and oxygen atoms in total. The standard InChI is InChI=1S/C24H26ClN3O6/c1-4-34-19-11-8-16(14-18(19)25)22(29)20-21(15-6-9-17(10-7-15)28(32)33)27(24(31)23(20)30)13-5-12-26(2)3/h6-11,14,21,29H,4-5,12-13H2,1-3H3/b22-20+. The van der Waals surface area contributed by atoms with Crippen molar-refractivity contribution in [2.75, 3.05) is 33.8 Å². The maximum Gasteiger partial charge on any atom is 0.295 e. The van der Waals surface area contributed by atoms with Crippen molar-refractivity contribution < 1.29 is 29.3 Å². The fourth-order valence-electron chi connectivity index (χ4n) is 3.90. The van der Waals surface area contributed by atoms with E-state index in [1.165, 1.54) is 46.2 Å². The molecule has 0 aromatic heterocycles. The normalized spacial score (nSPS) is 17.4. The fraction of sp³-hybridized carbons (Fsp3) is 0.333. The summed E-state index contributed by atoms with van der Waals surface area (Å²) in [6, 6.07) is 9.02. The van der Waals surface area contributed by atoms with Crippen LogP contribution in [0.15, 0.2) is 48.0 Å². The molecule has 0 spiro atoms. The number of rotatable bonds is 9. The number of halogens is 1. The Labute approximate surface area is 202 Å². The lowest BCUT2D eigenvalue weighted by Gasteiger charge is -2.27. The van der Waals surface area contributed by atoms with Crippen molar-refractivity contribution in [3.63, 3.8) is 0 Å². The lowest BCUT2D eigenvalue weighted by Crippen LogP contribution is -3.05. The van der Waals surface area contributed by atoms with E-state index < -0.39 is 28.4 Å². The summed E-state index contributed by atoms with van der Waals surface area (Å²) < 4.78 is 5.40. The lowest BCUT2D eigenvalue weighted by molar-refractivity contribution is -0.858. The van der Waals surface area contributed by atoms with Crippen LogP contribution in [-0.2, 0) is 9.59 Å². The molecule has 2 aromatic carbocycles. The summed E-state index contributed by atoms with van der Waals surface area (Å²) in [5, 5.41) is 24.7. The van der Waals surface area contributed by atoms with Gasteiger partial charge in [-0.15, -0.1) is 0 Å². The summed E-state index contributed by atoms with van der Waals surface area (Å²) >= 11 is 6.24. The molecule has 1 aliphatic rings. The van der Waals surface area contributed by atoms with Gasteiger partial charge in [-0.3, -0.25) is 19.7 Å². The van der Waals surface area contributed by atoms with Crippen molar-refractivity contribution in [3.05, 3.63) is 74.3 Å². The quantitative estimate of drug-likeness (QED) is 0.188. The zero-order valence-corrected chi connectivity index (χ0v) is 19.9. The van der Waals surface area contributed by atoms with Gasteiger partial charge in [0.15, 0.2) is 0 Å². The Bertz CT molecular complexity index is 1130. The number of amides is 1. The molecule has 1 heterocycles. The molecule has 0 saturated carbocycles. The van der Waals surface area contributed by atoms with E-state index in [4.69, 9.17) is 16.3 Å². The van der Waals surface area contributed by atoms with Crippen LogP contribution in [0.5, 0.6) is 5.75 Å². The lowest BCUT2D eigenvalue weighted by atomic mass is 9.95. The Balaban J connectivity index is 2.10. The van der Waals surface area contributed by atoms with Gasteiger partial charge in [-0.05, 0) is 42.3 Å². The molecule has 1 atom stereocenters. The van der Waals surface area contributed by atoms with Crippen molar-refractivity contribution in [1.82, 2.24) is 4.90 Å². The molecule has 0 radical (unpaired) electrons. The number of hydrogen-bond donors (Lipinski definition) is 1. The SMILES string of the molecule is CCOc1ccc(/C([O-])=C2\C(=O)C(=O)N(CCC[NH+](C)C)C2c2ccc([N+](=O)[O-])cc2)cc1Cl. The smallest absolute Gasteiger partial charge is 0.295 e. The predicted octanol–water partition coefficient (Wildman–Crippen LogP) is 1.41. The van der Waals surface area contributed by atoms with E-state index >= 15 is 0 Å². The highest BCUT2D eigenvalue weighted by molar-refractivity contribution is 6.46. The van der Waals surface area contributed by atoms with Gasteiger partial charge in [0.1, 0.15) is 5.75 Å². The highest BCUT2D eigenvalue weighted by Gasteiger charge is 2.44. The number of non-ortho nitro benzene ring substituents is 1. The predicted molar refractivity (Wildman–Crippen MR) is 124 cm³/mol. The van der Waals surface area contributed by atoms with Crippen LogP contribution in [0.2, 0.25) is 5.02 Å². The average Bonchev–Trinajstić information content (AvgIpc) is 3.05. The maximum atomic E-state index is 13.5. The van der Waals surface area contributed by atoms with Crippen LogP contribution in [-0.4, -0.2) is 55.3 Å². The Hall–Kier alpha value is -3.43. The largest absolute Gasteiger partial charge is 0.872 e. The van der Waals surface area contributed by atoms with E-state index in [2.05, 4.69) is 0 Å². The Kier molecular flexibility index (Phi) is 7.90. The van der Waals surface area contributed by atoms with Crippen molar-refractivity contribution in [3.8, 4) is 5.75 Å². The van der Waals surface area contributed by atoms with Crippen molar-refractivity contribution >= 4 is 34.7 Å². The van der Waals surface area contributed by atoms with E-state index in [1.807, 2.05) is 14.1 Å². The second-order valence-electron chi connectivity index (χ2n) is 8.21. The van der Waals surface area contributed by atoms with Crippen LogP contribution in [0.3, 0.4) is 0 Å². The van der Waals surface area contributed by atoms with Crippen molar-refractivity contribution in [1.29, 1.82) is 0 Å². The van der Waals surface area contributed by atoms with Gasteiger partial charge in [0, 0.05) is 30.7 Å². The number of Topliss-reactive ketones (excluding diaryl/α,β-unsaturated/α-hetero) is 1. The van der Waals surface area contributed by atoms with Gasteiger partial charge < -0.3 is 19.6 Å². The zero-order chi connectivity index (χ0) is 25.0. The number of nitro groups is 1. The summed E-state index contributed by atoms with van der Waals surface area (Å²) in [7, 11) is 3.95. The number of nitrogens with one attached hydrogen (secondary N) is 1. The zero-order valence-electron chi connectivity index (χ0n) is 19.2. The molecule has 3 rings (SSSR count). The number of benzene rings is 2. The van der Waals surface area contributed by atoms with Gasteiger partial charge in [-0.25, -0.2) is 0 Å². The summed E-state index contributed by atoms with van der Waals surface area (Å²) in [6.07, 6.45) is 0.612. The van der Waals surface area contributed by atoms with Crippen LogP contribution in [0.1, 0.15) is 30.5 Å². The first-order chi connectivity index (χ1) is 16.1. The molecular formula is C24H26ClN3O6. The van der Waals surface area contributed by atoms with Crippen LogP contribution >= 0.6 is 11.6 Å². The monoisotopic (exact) mass is 487 g/mol. The molecule has 34 heavy (non-hydrogen) atoms. The van der Waals surface area contributed by atoms with E-state index in [1.54, 1.807) is 13.0 Å². The summed E-state index contributed by atoms with van der Waals surface area (Å²) in [6.45, 7) is 3.21. The molecule has 1 fully saturated rings. The molecule has 1 amide bonds. The molecule has 1 N–H and O–H groups in total. The second-order valence-corrected chi connectivity index (χ2v) is 8.62. The van der Waals surface area contributed by atoms with Gasteiger partial charge in [0.25, 0.3) is 11.6 Å². The minimum Gasteiger partial charge on any atom is -0.872 e. The first-order valence-corrected chi connectivity index (χ1v) is 11.3. The summed E-state index contributed by atoms with van der Waals surface area (Å²) in [4.78, 5) is 39.0. The molecule has 1 unspecified atom stereocenters. The molecule has 1 saturated heterocycles. The maximum absolute atomic E-state index is 13.5. The van der Waals surface area contributed by atoms with Crippen LogP contribution in [0.4, 0.5) is 5.69 Å². The number of hydrogen-bond acceptors (Lipinski definition) is 6. The van der Waals surface area contributed by atoms with Gasteiger partial charge >= 0.3 is 0 Å². The Morgan fingerprint density at radius 3 is 2.41 bits per heavy atom. The van der Waals surface area contributed by atoms with Crippen LogP contribution in [0.25, 0.3) is 5.76 Å². The van der Waals surface area contributed by atoms with Crippen LogP contribution < -0.4 is 14.7 Å². The minimum absolute atomic E-state index is 0.131. The molecule has 1 aliphatic heterocycles. The number of carbonyl (C=O) groups excluding carboxylic acids is 2. The molecule has 180 valence electrons. The number of ether oxygens (including phenoxy) is 1. The highest BCUT2D eigenvalue weighted by Crippen LogP contribution is 2.40. The van der Waals surface area contributed by atoms with E-state index in [-0.39, 0.29) is 28.4 Å². The number of nitrogens with zero attached hydrogens (tertiary/aromatic N) is 2. The summed E-state index contributed by atoms with van der Waals surface area (Å²) in [5.41, 5.74) is 0.267. The Morgan fingerprint density at radius 1 is 1.18 bits per heavy atom. The average molecular weight is 488 g/mol. The number of nitro benzene ring substituents is 1. The molecule has 10 heteroatoms. The first kappa shape index (κ1) is 25.2. The van der Waals surface area contributed by atoms with Crippen molar-refractivity contribution in [2.24, 2.45) is 0 Å². The topological polar surface area (TPSA) is 117 Å². The third-order valence-corrected chi connectivity index (χ3v) is 5.81. The minimum atomic E-state index is -0.948. The third-order valence-electron chi connectivity index (χ3n) is 5.52. The molecule has 2 aromatic rings. The van der Waals surface area contributed by atoms with Crippen LogP contribution in [0, 0.1) is 10.1 Å². The van der Waals surface area contributed by atoms with Gasteiger partial charge in [-0.1, -0.05) is 23.4 Å². The second kappa shape index (κ2) is 10.7. The van der Waals surface area contributed by atoms with Gasteiger partial charge in [0.05, 0.1) is 43.2 Å². The first-order valence-electron chi connectivity index (χ1n) is 10.9. The van der Waals surface area contributed by atoms with E-state index in [0.29, 0.717) is 24.3 Å². The van der Waals surface area contributed by atoms with E-state index in [9.17, 15) is 24.8 Å². The molecule has 0 aliphatic carbocycles.